The lowest BCUT2D eigenvalue weighted by Crippen LogP contribution is -2.12. The quantitative estimate of drug-likeness (QED) is 0.827. The summed E-state index contributed by atoms with van der Waals surface area (Å²) in [5.41, 5.74) is 8.06. The Bertz CT molecular complexity index is 659. The van der Waals surface area contributed by atoms with Gasteiger partial charge in [-0.15, -0.1) is 0 Å². The molecule has 1 heterocycles. The fourth-order valence-corrected chi connectivity index (χ4v) is 2.32. The maximum absolute atomic E-state index is 11.2. The fourth-order valence-electron chi connectivity index (χ4n) is 1.81. The minimum atomic E-state index is -2.97. The van der Waals surface area contributed by atoms with Crippen molar-refractivity contribution >= 4 is 26.6 Å². The number of aryl methyl sites for hydroxylation is 2. The number of nitrogens with zero attached hydrogens (tertiary/aromatic N) is 2. The number of fused-ring (bicyclic) bond motifs is 1. The molecule has 0 radical (unpaired) electrons. The molecule has 17 heavy (non-hydrogen) atoms. The molecule has 0 atom stereocenters. The summed E-state index contributed by atoms with van der Waals surface area (Å²) < 4.78 is 24.2. The molecule has 0 bridgehead atoms. The molecule has 0 aliphatic heterocycles. The van der Waals surface area contributed by atoms with Crippen molar-refractivity contribution in [3.05, 3.63) is 24.0 Å². The zero-order valence-corrected chi connectivity index (χ0v) is 10.7. The summed E-state index contributed by atoms with van der Waals surface area (Å²) in [6.07, 6.45) is 1.24. The Hall–Kier alpha value is -1.56. The van der Waals surface area contributed by atoms with Crippen molar-refractivity contribution in [2.75, 3.05) is 17.7 Å². The van der Waals surface area contributed by atoms with E-state index in [2.05, 4.69) is 4.98 Å². The van der Waals surface area contributed by atoms with Gasteiger partial charge in [0.2, 0.25) is 0 Å². The molecule has 92 valence electrons. The lowest BCUT2D eigenvalue weighted by atomic mass is 10.3. The molecule has 1 aromatic heterocycles. The summed E-state index contributed by atoms with van der Waals surface area (Å²) in [5.74, 6) is 0.915. The molecule has 0 unspecified atom stereocenters. The smallest absolute Gasteiger partial charge is 0.149 e. The highest BCUT2D eigenvalue weighted by atomic mass is 32.2. The number of hydrogen-bond donors (Lipinski definition) is 1. The SMILES string of the molecule is Cc1nc2cc(N)ccc2n1CCS(C)(=O)=O. The number of hydrogen-bond acceptors (Lipinski definition) is 4. The van der Waals surface area contributed by atoms with Crippen molar-refractivity contribution in [2.24, 2.45) is 0 Å². The van der Waals surface area contributed by atoms with Crippen LogP contribution in [0.4, 0.5) is 5.69 Å². The number of rotatable bonds is 3. The highest BCUT2D eigenvalue weighted by Gasteiger charge is 2.10. The Morgan fingerprint density at radius 1 is 1.41 bits per heavy atom. The van der Waals surface area contributed by atoms with Crippen LogP contribution >= 0.6 is 0 Å². The van der Waals surface area contributed by atoms with Crippen LogP contribution in [-0.4, -0.2) is 30.0 Å². The molecule has 0 saturated heterocycles. The highest BCUT2D eigenvalue weighted by Crippen LogP contribution is 2.18. The van der Waals surface area contributed by atoms with Gasteiger partial charge in [-0.2, -0.15) is 0 Å². The van der Waals surface area contributed by atoms with Crippen molar-refractivity contribution in [2.45, 2.75) is 13.5 Å². The van der Waals surface area contributed by atoms with Crippen molar-refractivity contribution < 1.29 is 8.42 Å². The van der Waals surface area contributed by atoms with Crippen LogP contribution in [0.5, 0.6) is 0 Å². The first-order valence-electron chi connectivity index (χ1n) is 5.27. The van der Waals surface area contributed by atoms with E-state index in [1.165, 1.54) is 6.26 Å². The van der Waals surface area contributed by atoms with Crippen LogP contribution in [0.1, 0.15) is 5.82 Å². The average molecular weight is 253 g/mol. The second-order valence-electron chi connectivity index (χ2n) is 4.19. The van der Waals surface area contributed by atoms with Gasteiger partial charge < -0.3 is 10.3 Å². The van der Waals surface area contributed by atoms with Gasteiger partial charge in [-0.1, -0.05) is 0 Å². The van der Waals surface area contributed by atoms with Crippen molar-refractivity contribution in [3.8, 4) is 0 Å². The lowest BCUT2D eigenvalue weighted by Gasteiger charge is -2.05. The molecule has 2 rings (SSSR count). The van der Waals surface area contributed by atoms with E-state index in [4.69, 9.17) is 5.73 Å². The normalized spacial score (nSPS) is 12.1. The van der Waals surface area contributed by atoms with E-state index in [9.17, 15) is 8.42 Å². The van der Waals surface area contributed by atoms with Gasteiger partial charge in [0.15, 0.2) is 0 Å². The number of imidazole rings is 1. The third kappa shape index (κ3) is 2.58. The summed E-state index contributed by atoms with van der Waals surface area (Å²) >= 11 is 0. The molecule has 6 heteroatoms. The molecule has 2 aromatic rings. The van der Waals surface area contributed by atoms with Gasteiger partial charge in [0.05, 0.1) is 16.8 Å². The number of benzene rings is 1. The van der Waals surface area contributed by atoms with E-state index in [-0.39, 0.29) is 5.75 Å². The molecule has 5 nitrogen and oxygen atoms in total. The van der Waals surface area contributed by atoms with Gasteiger partial charge in [-0.05, 0) is 25.1 Å². The Balaban J connectivity index is 2.43. The van der Waals surface area contributed by atoms with E-state index in [0.29, 0.717) is 12.2 Å². The Morgan fingerprint density at radius 3 is 2.76 bits per heavy atom. The molecule has 0 aliphatic carbocycles. The minimum absolute atomic E-state index is 0.115. The molecule has 0 amide bonds. The zero-order valence-electron chi connectivity index (χ0n) is 9.84. The van der Waals surface area contributed by atoms with Crippen molar-refractivity contribution in [1.82, 2.24) is 9.55 Å². The predicted octanol–water partition coefficient (Wildman–Crippen LogP) is 0.972. The number of anilines is 1. The number of aromatic nitrogens is 2. The molecule has 1 aromatic carbocycles. The van der Waals surface area contributed by atoms with Crippen LogP contribution in [0.3, 0.4) is 0 Å². The zero-order chi connectivity index (χ0) is 12.6. The molecule has 0 spiro atoms. The lowest BCUT2D eigenvalue weighted by molar-refractivity contribution is 0.594. The Morgan fingerprint density at radius 2 is 2.12 bits per heavy atom. The van der Waals surface area contributed by atoms with E-state index < -0.39 is 9.84 Å². The standard InChI is InChI=1S/C11H15N3O2S/c1-8-13-10-7-9(12)3-4-11(10)14(8)5-6-17(2,15)16/h3-4,7H,5-6,12H2,1-2H3. The minimum Gasteiger partial charge on any atom is -0.399 e. The summed E-state index contributed by atoms with van der Waals surface area (Å²) in [4.78, 5) is 4.36. The maximum atomic E-state index is 11.2. The van der Waals surface area contributed by atoms with Crippen LogP contribution in [0.25, 0.3) is 11.0 Å². The first-order valence-corrected chi connectivity index (χ1v) is 7.33. The van der Waals surface area contributed by atoms with Crippen LogP contribution < -0.4 is 5.73 Å². The average Bonchev–Trinajstić information content (AvgIpc) is 2.48. The fraction of sp³-hybridized carbons (Fsp3) is 0.364. The van der Waals surface area contributed by atoms with Crippen LogP contribution in [-0.2, 0) is 16.4 Å². The molecule has 0 aliphatic rings. The number of nitrogen functional groups attached to an aromatic ring is 1. The molecular formula is C11H15N3O2S. The van der Waals surface area contributed by atoms with E-state index >= 15 is 0 Å². The first-order chi connectivity index (χ1) is 7.87. The second kappa shape index (κ2) is 4.03. The van der Waals surface area contributed by atoms with Gasteiger partial charge in [0, 0.05) is 18.5 Å². The summed E-state index contributed by atoms with van der Waals surface area (Å²) in [6, 6.07) is 5.45. The monoisotopic (exact) mass is 253 g/mol. The van der Waals surface area contributed by atoms with Gasteiger partial charge in [-0.3, -0.25) is 0 Å². The van der Waals surface area contributed by atoms with Gasteiger partial charge in [-0.25, -0.2) is 13.4 Å². The van der Waals surface area contributed by atoms with Crippen LogP contribution in [0.2, 0.25) is 0 Å². The topological polar surface area (TPSA) is 78.0 Å². The van der Waals surface area contributed by atoms with Gasteiger partial charge >= 0.3 is 0 Å². The Kier molecular flexibility index (Phi) is 2.82. The third-order valence-electron chi connectivity index (χ3n) is 2.65. The summed E-state index contributed by atoms with van der Waals surface area (Å²) in [6.45, 7) is 2.28. The molecule has 2 N–H and O–H groups in total. The largest absolute Gasteiger partial charge is 0.399 e. The van der Waals surface area contributed by atoms with Crippen LogP contribution in [0, 0.1) is 6.92 Å². The third-order valence-corrected chi connectivity index (χ3v) is 3.57. The Labute approximate surface area is 100 Å². The second-order valence-corrected chi connectivity index (χ2v) is 6.45. The molecule has 0 fully saturated rings. The molecule has 0 saturated carbocycles. The van der Waals surface area contributed by atoms with Crippen LogP contribution in [0.15, 0.2) is 18.2 Å². The van der Waals surface area contributed by atoms with Crippen molar-refractivity contribution in [3.63, 3.8) is 0 Å². The molecular weight excluding hydrogens is 238 g/mol. The number of sulfone groups is 1. The number of nitrogens with two attached hydrogens (primary N) is 1. The van der Waals surface area contributed by atoms with Crippen molar-refractivity contribution in [1.29, 1.82) is 0 Å². The van der Waals surface area contributed by atoms with E-state index in [0.717, 1.165) is 16.9 Å². The summed E-state index contributed by atoms with van der Waals surface area (Å²) in [5, 5.41) is 0. The van der Waals surface area contributed by atoms with Gasteiger partial charge in [0.1, 0.15) is 15.7 Å². The van der Waals surface area contributed by atoms with Gasteiger partial charge in [0.25, 0.3) is 0 Å². The summed E-state index contributed by atoms with van der Waals surface area (Å²) in [7, 11) is -2.97. The maximum Gasteiger partial charge on any atom is 0.149 e. The predicted molar refractivity (Wildman–Crippen MR) is 68.6 cm³/mol. The van der Waals surface area contributed by atoms with E-state index in [1.54, 1.807) is 12.1 Å². The first kappa shape index (κ1) is 11.9. The highest BCUT2D eigenvalue weighted by molar-refractivity contribution is 7.90. The van der Waals surface area contributed by atoms with E-state index in [1.807, 2.05) is 17.6 Å².